The van der Waals surface area contributed by atoms with Crippen LogP contribution in [0.15, 0.2) is 30.3 Å². The Morgan fingerprint density at radius 2 is 1.95 bits per heavy atom. The lowest BCUT2D eigenvalue weighted by Gasteiger charge is -2.11. The molecule has 0 atom stereocenters. The van der Waals surface area contributed by atoms with E-state index in [-0.39, 0.29) is 16.4 Å². The standard InChI is InChI=1S/C15H13ClN2O3/c1-8-4-3-5-11(13(8)15(20)21)18-14(19)10-6-9(2)17-12(16)7-10/h3-7H,1-2H3,(H,18,19)(H,20,21). The van der Waals surface area contributed by atoms with Crippen LogP contribution in [0.3, 0.4) is 0 Å². The molecule has 0 unspecified atom stereocenters. The normalized spacial score (nSPS) is 10.2. The minimum atomic E-state index is -1.09. The Bertz CT molecular complexity index is 709. The van der Waals surface area contributed by atoms with Crippen LogP contribution >= 0.6 is 11.6 Å². The lowest BCUT2D eigenvalue weighted by molar-refractivity contribution is 0.0697. The van der Waals surface area contributed by atoms with Gasteiger partial charge in [0.25, 0.3) is 5.91 Å². The third kappa shape index (κ3) is 3.38. The van der Waals surface area contributed by atoms with E-state index in [0.29, 0.717) is 16.8 Å². The van der Waals surface area contributed by atoms with Gasteiger partial charge in [-0.2, -0.15) is 0 Å². The van der Waals surface area contributed by atoms with Crippen molar-refractivity contribution in [1.29, 1.82) is 0 Å². The monoisotopic (exact) mass is 304 g/mol. The minimum Gasteiger partial charge on any atom is -0.478 e. The van der Waals surface area contributed by atoms with Crippen molar-refractivity contribution >= 4 is 29.2 Å². The number of carboxylic acid groups (broad SMARTS) is 1. The molecule has 108 valence electrons. The van der Waals surface area contributed by atoms with Gasteiger partial charge in [-0.1, -0.05) is 23.7 Å². The van der Waals surface area contributed by atoms with E-state index in [0.717, 1.165) is 0 Å². The maximum Gasteiger partial charge on any atom is 0.338 e. The number of aromatic nitrogens is 1. The number of carboxylic acids is 1. The summed E-state index contributed by atoms with van der Waals surface area (Å²) in [6, 6.07) is 7.91. The van der Waals surface area contributed by atoms with Crippen LogP contribution < -0.4 is 5.32 Å². The second kappa shape index (κ2) is 5.93. The number of halogens is 1. The SMILES string of the molecule is Cc1cc(C(=O)Nc2cccc(C)c2C(=O)O)cc(Cl)n1. The fourth-order valence-electron chi connectivity index (χ4n) is 2.01. The van der Waals surface area contributed by atoms with E-state index in [4.69, 9.17) is 11.6 Å². The topological polar surface area (TPSA) is 79.3 Å². The van der Waals surface area contributed by atoms with Crippen molar-refractivity contribution in [3.8, 4) is 0 Å². The second-order valence-corrected chi connectivity index (χ2v) is 4.96. The summed E-state index contributed by atoms with van der Waals surface area (Å²) in [7, 11) is 0. The van der Waals surface area contributed by atoms with Gasteiger partial charge in [0.05, 0.1) is 11.3 Å². The number of carbonyl (C=O) groups is 2. The molecule has 2 aromatic rings. The smallest absolute Gasteiger partial charge is 0.338 e. The number of nitrogens with zero attached hydrogens (tertiary/aromatic N) is 1. The average molecular weight is 305 g/mol. The predicted molar refractivity (Wildman–Crippen MR) is 80.1 cm³/mol. The fraction of sp³-hybridized carbons (Fsp3) is 0.133. The Hall–Kier alpha value is -2.40. The molecule has 0 fully saturated rings. The molecule has 1 heterocycles. The molecule has 0 radical (unpaired) electrons. The van der Waals surface area contributed by atoms with Crippen LogP contribution in [0.25, 0.3) is 0 Å². The molecular weight excluding hydrogens is 292 g/mol. The van der Waals surface area contributed by atoms with Gasteiger partial charge in [0.2, 0.25) is 0 Å². The number of anilines is 1. The molecule has 0 spiro atoms. The first-order chi connectivity index (χ1) is 9.88. The maximum absolute atomic E-state index is 12.2. The molecule has 2 rings (SSSR count). The van der Waals surface area contributed by atoms with Crippen LogP contribution in [0.1, 0.15) is 32.0 Å². The van der Waals surface area contributed by atoms with Crippen LogP contribution in [-0.2, 0) is 0 Å². The van der Waals surface area contributed by atoms with Crippen LogP contribution in [-0.4, -0.2) is 22.0 Å². The van der Waals surface area contributed by atoms with E-state index in [1.54, 1.807) is 38.1 Å². The summed E-state index contributed by atoms with van der Waals surface area (Å²) < 4.78 is 0. The summed E-state index contributed by atoms with van der Waals surface area (Å²) in [5.74, 6) is -1.53. The molecule has 0 bridgehead atoms. The molecule has 1 aromatic carbocycles. The number of rotatable bonds is 3. The van der Waals surface area contributed by atoms with Gasteiger partial charge >= 0.3 is 5.97 Å². The number of aryl methyl sites for hydroxylation is 2. The van der Waals surface area contributed by atoms with Gasteiger partial charge in [0.1, 0.15) is 5.15 Å². The molecule has 2 N–H and O–H groups in total. The number of nitrogens with one attached hydrogen (secondary N) is 1. The zero-order valence-corrected chi connectivity index (χ0v) is 12.2. The highest BCUT2D eigenvalue weighted by atomic mass is 35.5. The zero-order chi connectivity index (χ0) is 15.6. The Kier molecular flexibility index (Phi) is 4.23. The molecule has 1 amide bonds. The largest absolute Gasteiger partial charge is 0.478 e. The highest BCUT2D eigenvalue weighted by Gasteiger charge is 2.16. The summed E-state index contributed by atoms with van der Waals surface area (Å²) >= 11 is 5.82. The number of aromatic carboxylic acids is 1. The van der Waals surface area contributed by atoms with Gasteiger partial charge in [-0.3, -0.25) is 4.79 Å². The van der Waals surface area contributed by atoms with Gasteiger partial charge in [0.15, 0.2) is 0 Å². The van der Waals surface area contributed by atoms with Gasteiger partial charge in [-0.25, -0.2) is 9.78 Å². The molecule has 0 aliphatic carbocycles. The molecule has 0 aliphatic heterocycles. The Labute approximate surface area is 126 Å². The summed E-state index contributed by atoms with van der Waals surface area (Å²) in [5.41, 5.74) is 1.82. The van der Waals surface area contributed by atoms with E-state index < -0.39 is 11.9 Å². The molecule has 0 aliphatic rings. The third-order valence-electron chi connectivity index (χ3n) is 2.92. The van der Waals surface area contributed by atoms with Crippen molar-refractivity contribution < 1.29 is 14.7 Å². The molecular formula is C15H13ClN2O3. The second-order valence-electron chi connectivity index (χ2n) is 4.58. The van der Waals surface area contributed by atoms with Crippen molar-refractivity contribution in [3.05, 3.63) is 57.9 Å². The van der Waals surface area contributed by atoms with E-state index in [1.807, 2.05) is 0 Å². The van der Waals surface area contributed by atoms with Crippen molar-refractivity contribution in [1.82, 2.24) is 4.98 Å². The van der Waals surface area contributed by atoms with Crippen LogP contribution in [0, 0.1) is 13.8 Å². The number of hydrogen-bond donors (Lipinski definition) is 2. The first-order valence-corrected chi connectivity index (χ1v) is 6.54. The lowest BCUT2D eigenvalue weighted by atomic mass is 10.1. The van der Waals surface area contributed by atoms with E-state index in [1.165, 1.54) is 6.07 Å². The summed E-state index contributed by atoms with van der Waals surface area (Å²) in [4.78, 5) is 27.5. The number of amides is 1. The van der Waals surface area contributed by atoms with Gasteiger partial charge in [0, 0.05) is 11.3 Å². The zero-order valence-electron chi connectivity index (χ0n) is 11.5. The summed E-state index contributed by atoms with van der Waals surface area (Å²) in [6.07, 6.45) is 0. The van der Waals surface area contributed by atoms with Crippen LogP contribution in [0.2, 0.25) is 5.15 Å². The number of benzene rings is 1. The van der Waals surface area contributed by atoms with Crippen molar-refractivity contribution in [2.24, 2.45) is 0 Å². The highest BCUT2D eigenvalue weighted by molar-refractivity contribution is 6.29. The molecule has 5 nitrogen and oxygen atoms in total. The van der Waals surface area contributed by atoms with Crippen molar-refractivity contribution in [3.63, 3.8) is 0 Å². The Morgan fingerprint density at radius 1 is 1.24 bits per heavy atom. The number of hydrogen-bond acceptors (Lipinski definition) is 3. The molecule has 6 heteroatoms. The van der Waals surface area contributed by atoms with E-state index in [9.17, 15) is 14.7 Å². The maximum atomic E-state index is 12.2. The molecule has 0 saturated carbocycles. The van der Waals surface area contributed by atoms with Crippen LogP contribution in [0.4, 0.5) is 5.69 Å². The van der Waals surface area contributed by atoms with Gasteiger partial charge < -0.3 is 10.4 Å². The first kappa shape index (κ1) is 15.0. The Morgan fingerprint density at radius 3 is 2.57 bits per heavy atom. The quantitative estimate of drug-likeness (QED) is 0.853. The average Bonchev–Trinajstić information content (AvgIpc) is 2.37. The predicted octanol–water partition coefficient (Wildman–Crippen LogP) is 3.30. The minimum absolute atomic E-state index is 0.0720. The molecule has 1 aromatic heterocycles. The van der Waals surface area contributed by atoms with Crippen LogP contribution in [0.5, 0.6) is 0 Å². The Balaban J connectivity index is 2.36. The van der Waals surface area contributed by atoms with Crippen molar-refractivity contribution in [2.45, 2.75) is 13.8 Å². The fourth-order valence-corrected chi connectivity index (χ4v) is 2.26. The molecule has 0 saturated heterocycles. The third-order valence-corrected chi connectivity index (χ3v) is 3.11. The highest BCUT2D eigenvalue weighted by Crippen LogP contribution is 2.21. The van der Waals surface area contributed by atoms with E-state index >= 15 is 0 Å². The first-order valence-electron chi connectivity index (χ1n) is 6.17. The van der Waals surface area contributed by atoms with Crippen molar-refractivity contribution in [2.75, 3.05) is 5.32 Å². The molecule has 21 heavy (non-hydrogen) atoms. The lowest BCUT2D eigenvalue weighted by Crippen LogP contribution is -2.16. The summed E-state index contributed by atoms with van der Waals surface area (Å²) in [5, 5.41) is 12.0. The summed E-state index contributed by atoms with van der Waals surface area (Å²) in [6.45, 7) is 3.39. The number of pyridine rings is 1. The van der Waals surface area contributed by atoms with E-state index in [2.05, 4.69) is 10.3 Å². The number of carbonyl (C=O) groups excluding carboxylic acids is 1. The van der Waals surface area contributed by atoms with Gasteiger partial charge in [-0.05, 0) is 37.6 Å². The van der Waals surface area contributed by atoms with Gasteiger partial charge in [-0.15, -0.1) is 0 Å².